The summed E-state index contributed by atoms with van der Waals surface area (Å²) in [5, 5.41) is 6.28. The van der Waals surface area contributed by atoms with E-state index >= 15 is 0 Å². The smallest absolute Gasteiger partial charge is 0.251 e. The normalized spacial score (nSPS) is 10.5. The van der Waals surface area contributed by atoms with E-state index in [9.17, 15) is 13.6 Å². The van der Waals surface area contributed by atoms with Gasteiger partial charge in [-0.1, -0.05) is 5.16 Å². The molecular formula is C15H10F2N4O2. The SMILES string of the molecule is O=C(NCc1nc(-c2ccncc2)no1)c1ccc(F)c(F)c1. The monoisotopic (exact) mass is 316 g/mol. The Hall–Kier alpha value is -3.16. The molecule has 0 atom stereocenters. The van der Waals surface area contributed by atoms with E-state index in [2.05, 4.69) is 20.4 Å². The number of benzene rings is 1. The minimum absolute atomic E-state index is 0.00206. The van der Waals surface area contributed by atoms with Crippen molar-refractivity contribution in [3.8, 4) is 11.4 Å². The molecule has 6 nitrogen and oxygen atoms in total. The number of aromatic nitrogens is 3. The van der Waals surface area contributed by atoms with Gasteiger partial charge in [-0.05, 0) is 30.3 Å². The van der Waals surface area contributed by atoms with Crippen molar-refractivity contribution in [3.63, 3.8) is 0 Å². The van der Waals surface area contributed by atoms with E-state index in [-0.39, 0.29) is 18.0 Å². The van der Waals surface area contributed by atoms with Crippen molar-refractivity contribution in [2.75, 3.05) is 0 Å². The highest BCUT2D eigenvalue weighted by Gasteiger charge is 2.12. The third kappa shape index (κ3) is 3.37. The second-order valence-electron chi connectivity index (χ2n) is 4.56. The van der Waals surface area contributed by atoms with Crippen LogP contribution in [0.4, 0.5) is 8.78 Å². The zero-order valence-corrected chi connectivity index (χ0v) is 11.7. The summed E-state index contributed by atoms with van der Waals surface area (Å²) >= 11 is 0. The zero-order valence-electron chi connectivity index (χ0n) is 11.7. The number of nitrogens with one attached hydrogen (secondary N) is 1. The highest BCUT2D eigenvalue weighted by Crippen LogP contribution is 2.14. The molecule has 0 saturated carbocycles. The Morgan fingerprint density at radius 1 is 1.13 bits per heavy atom. The van der Waals surface area contributed by atoms with Gasteiger partial charge in [0.1, 0.15) is 0 Å². The Morgan fingerprint density at radius 2 is 1.91 bits per heavy atom. The van der Waals surface area contributed by atoms with E-state index in [1.807, 2.05) is 0 Å². The average Bonchev–Trinajstić information content (AvgIpc) is 3.05. The van der Waals surface area contributed by atoms with Gasteiger partial charge in [-0.25, -0.2) is 8.78 Å². The molecule has 2 aromatic heterocycles. The van der Waals surface area contributed by atoms with Gasteiger partial charge in [-0.15, -0.1) is 0 Å². The lowest BCUT2D eigenvalue weighted by Gasteiger charge is -2.02. The van der Waals surface area contributed by atoms with Crippen LogP contribution in [0.25, 0.3) is 11.4 Å². The number of halogens is 2. The van der Waals surface area contributed by atoms with Crippen LogP contribution in [0, 0.1) is 11.6 Å². The van der Waals surface area contributed by atoms with E-state index < -0.39 is 17.5 Å². The van der Waals surface area contributed by atoms with Gasteiger partial charge in [0.25, 0.3) is 5.91 Å². The number of rotatable bonds is 4. The van der Waals surface area contributed by atoms with Crippen molar-refractivity contribution in [3.05, 3.63) is 65.8 Å². The predicted octanol–water partition coefficient (Wildman–Crippen LogP) is 2.34. The number of hydrogen-bond donors (Lipinski definition) is 1. The van der Waals surface area contributed by atoms with Gasteiger partial charge in [0.05, 0.1) is 6.54 Å². The number of nitrogens with zero attached hydrogens (tertiary/aromatic N) is 3. The van der Waals surface area contributed by atoms with Crippen molar-refractivity contribution in [1.82, 2.24) is 20.4 Å². The van der Waals surface area contributed by atoms with Crippen LogP contribution < -0.4 is 5.32 Å². The molecular weight excluding hydrogens is 306 g/mol. The van der Waals surface area contributed by atoms with Crippen LogP contribution in [-0.2, 0) is 6.54 Å². The Labute approximate surface area is 129 Å². The lowest BCUT2D eigenvalue weighted by atomic mass is 10.2. The molecule has 8 heteroatoms. The van der Waals surface area contributed by atoms with Crippen molar-refractivity contribution >= 4 is 5.91 Å². The predicted molar refractivity (Wildman–Crippen MR) is 75.1 cm³/mol. The van der Waals surface area contributed by atoms with E-state index in [4.69, 9.17) is 4.52 Å². The molecule has 0 radical (unpaired) electrons. The molecule has 0 aliphatic carbocycles. The van der Waals surface area contributed by atoms with E-state index in [0.29, 0.717) is 5.82 Å². The maximum atomic E-state index is 13.1. The summed E-state index contributed by atoms with van der Waals surface area (Å²) in [6, 6.07) is 6.33. The summed E-state index contributed by atoms with van der Waals surface area (Å²) < 4.78 is 30.9. The fourth-order valence-electron chi connectivity index (χ4n) is 1.84. The summed E-state index contributed by atoms with van der Waals surface area (Å²) in [6.45, 7) is -0.0318. The van der Waals surface area contributed by atoms with Gasteiger partial charge < -0.3 is 9.84 Å². The molecule has 0 spiro atoms. The van der Waals surface area contributed by atoms with Crippen LogP contribution in [0.3, 0.4) is 0 Å². The quantitative estimate of drug-likeness (QED) is 0.799. The van der Waals surface area contributed by atoms with Gasteiger partial charge in [0.15, 0.2) is 11.6 Å². The Balaban J connectivity index is 1.65. The second kappa shape index (κ2) is 6.30. The van der Waals surface area contributed by atoms with Crippen molar-refractivity contribution in [2.24, 2.45) is 0 Å². The summed E-state index contributed by atoms with van der Waals surface area (Å²) in [4.78, 5) is 19.9. The molecule has 2 heterocycles. The van der Waals surface area contributed by atoms with Gasteiger partial charge in [-0.2, -0.15) is 4.98 Å². The molecule has 1 amide bonds. The Morgan fingerprint density at radius 3 is 2.65 bits per heavy atom. The van der Waals surface area contributed by atoms with Crippen LogP contribution in [0.5, 0.6) is 0 Å². The molecule has 1 N–H and O–H groups in total. The van der Waals surface area contributed by atoms with Crippen LogP contribution in [0.15, 0.2) is 47.2 Å². The Bertz CT molecular complexity index is 837. The largest absolute Gasteiger partial charge is 0.343 e. The zero-order chi connectivity index (χ0) is 16.2. The number of carbonyl (C=O) groups is 1. The molecule has 3 aromatic rings. The van der Waals surface area contributed by atoms with Gasteiger partial charge >= 0.3 is 0 Å². The highest BCUT2D eigenvalue weighted by molar-refractivity contribution is 5.94. The average molecular weight is 316 g/mol. The lowest BCUT2D eigenvalue weighted by molar-refractivity contribution is 0.0945. The molecule has 0 fully saturated rings. The molecule has 3 rings (SSSR count). The van der Waals surface area contributed by atoms with Crippen LogP contribution in [0.2, 0.25) is 0 Å². The van der Waals surface area contributed by atoms with E-state index in [1.165, 1.54) is 6.07 Å². The van der Waals surface area contributed by atoms with Crippen LogP contribution in [0.1, 0.15) is 16.2 Å². The summed E-state index contributed by atoms with van der Waals surface area (Å²) in [5.41, 5.74) is 0.722. The molecule has 0 aliphatic rings. The summed E-state index contributed by atoms with van der Waals surface area (Å²) in [7, 11) is 0. The van der Waals surface area contributed by atoms with Crippen molar-refractivity contribution in [1.29, 1.82) is 0 Å². The fraction of sp³-hybridized carbons (Fsp3) is 0.0667. The molecule has 116 valence electrons. The second-order valence-corrected chi connectivity index (χ2v) is 4.56. The first kappa shape index (κ1) is 14.8. The maximum absolute atomic E-state index is 13.1. The van der Waals surface area contributed by atoms with Gasteiger partial charge in [-0.3, -0.25) is 9.78 Å². The number of hydrogen-bond acceptors (Lipinski definition) is 5. The van der Waals surface area contributed by atoms with Crippen LogP contribution in [-0.4, -0.2) is 21.0 Å². The first-order valence-corrected chi connectivity index (χ1v) is 6.60. The number of carbonyl (C=O) groups excluding carboxylic acids is 1. The molecule has 0 saturated heterocycles. The van der Waals surface area contributed by atoms with E-state index in [0.717, 1.165) is 17.7 Å². The first-order valence-electron chi connectivity index (χ1n) is 6.60. The number of amides is 1. The molecule has 0 bridgehead atoms. The number of pyridine rings is 1. The lowest BCUT2D eigenvalue weighted by Crippen LogP contribution is -2.23. The van der Waals surface area contributed by atoms with Crippen molar-refractivity contribution < 1.29 is 18.1 Å². The topological polar surface area (TPSA) is 80.9 Å². The standard InChI is InChI=1S/C15H10F2N4O2/c16-11-2-1-10(7-12(11)17)15(22)19-8-13-20-14(21-23-13)9-3-5-18-6-4-9/h1-7H,8H2,(H,19,22). The molecule has 0 unspecified atom stereocenters. The fourth-order valence-corrected chi connectivity index (χ4v) is 1.84. The summed E-state index contributed by atoms with van der Waals surface area (Å²) in [5.74, 6) is -2.12. The maximum Gasteiger partial charge on any atom is 0.251 e. The highest BCUT2D eigenvalue weighted by atomic mass is 19.2. The minimum Gasteiger partial charge on any atom is -0.343 e. The van der Waals surface area contributed by atoms with Crippen molar-refractivity contribution in [2.45, 2.75) is 6.54 Å². The summed E-state index contributed by atoms with van der Waals surface area (Å²) in [6.07, 6.45) is 3.19. The van der Waals surface area contributed by atoms with Gasteiger partial charge in [0.2, 0.25) is 11.7 Å². The van der Waals surface area contributed by atoms with Crippen LogP contribution >= 0.6 is 0 Å². The van der Waals surface area contributed by atoms with E-state index in [1.54, 1.807) is 24.5 Å². The third-order valence-electron chi connectivity index (χ3n) is 2.99. The van der Waals surface area contributed by atoms with Gasteiger partial charge in [0, 0.05) is 23.5 Å². The third-order valence-corrected chi connectivity index (χ3v) is 2.99. The minimum atomic E-state index is -1.09. The Kier molecular flexibility index (Phi) is 4.05. The molecule has 0 aliphatic heterocycles. The molecule has 1 aromatic carbocycles. The molecule has 23 heavy (non-hydrogen) atoms. The first-order chi connectivity index (χ1) is 11.1.